The molecule has 0 unspecified atom stereocenters. The van der Waals surface area contributed by atoms with Crippen LogP contribution in [0.15, 0.2) is 30.9 Å². The van der Waals surface area contributed by atoms with E-state index in [1.54, 1.807) is 24.3 Å². The van der Waals surface area contributed by atoms with E-state index < -0.39 is 11.5 Å². The van der Waals surface area contributed by atoms with Gasteiger partial charge in [-0.3, -0.25) is 4.79 Å². The number of aliphatic carboxylic acids is 1. The van der Waals surface area contributed by atoms with Crippen molar-refractivity contribution in [3.63, 3.8) is 0 Å². The number of halogens is 2. The minimum atomic E-state index is -0.950. The maximum atomic E-state index is 10.7. The smallest absolute Gasteiger partial charge is 0.303 e. The van der Waals surface area contributed by atoms with Gasteiger partial charge >= 0.3 is 5.97 Å². The summed E-state index contributed by atoms with van der Waals surface area (Å²) in [6.45, 7) is 11.1. The van der Waals surface area contributed by atoms with Crippen LogP contribution in [0.3, 0.4) is 0 Å². The molecule has 0 bridgehead atoms. The van der Waals surface area contributed by atoms with Gasteiger partial charge in [0.1, 0.15) is 0 Å². The van der Waals surface area contributed by atoms with E-state index in [9.17, 15) is 4.79 Å². The van der Waals surface area contributed by atoms with Crippen LogP contribution in [0.4, 0.5) is 0 Å². The first-order valence-corrected chi connectivity index (χ1v) is 6.37. The average molecular weight is 298 g/mol. The molecule has 0 aromatic heterocycles. The van der Waals surface area contributed by atoms with E-state index in [4.69, 9.17) is 34.9 Å². The summed E-state index contributed by atoms with van der Waals surface area (Å²) < 4.78 is 0. The number of benzene rings is 1. The van der Waals surface area contributed by atoms with E-state index >= 15 is 0 Å². The van der Waals surface area contributed by atoms with Gasteiger partial charge in [-0.1, -0.05) is 29.3 Å². The molecule has 0 amide bonds. The van der Waals surface area contributed by atoms with Crippen molar-refractivity contribution in [1.82, 2.24) is 0 Å². The molecule has 0 heterocycles. The summed E-state index contributed by atoms with van der Waals surface area (Å²) in [7, 11) is 0. The molecule has 1 atom stereocenters. The Morgan fingerprint density at radius 1 is 1.47 bits per heavy atom. The van der Waals surface area contributed by atoms with E-state index in [1.807, 2.05) is 0 Å². The van der Waals surface area contributed by atoms with Crippen molar-refractivity contribution >= 4 is 29.2 Å². The van der Waals surface area contributed by atoms with Gasteiger partial charge in [-0.15, -0.1) is 6.58 Å². The second-order valence-electron chi connectivity index (χ2n) is 4.16. The molecular formula is C14H13Cl2NO2. The number of hydrogen-bond donors (Lipinski definition) is 1. The highest BCUT2D eigenvalue weighted by Gasteiger charge is 2.38. The zero-order valence-corrected chi connectivity index (χ0v) is 11.7. The van der Waals surface area contributed by atoms with Gasteiger partial charge in [0.25, 0.3) is 5.54 Å². The lowest BCUT2D eigenvalue weighted by Crippen LogP contribution is -2.22. The quantitative estimate of drug-likeness (QED) is 0.618. The molecule has 5 heteroatoms. The normalized spacial score (nSPS) is 13.3. The molecule has 0 saturated carbocycles. The Kier molecular flexibility index (Phi) is 5.41. The highest BCUT2D eigenvalue weighted by Crippen LogP contribution is 2.38. The van der Waals surface area contributed by atoms with Crippen molar-refractivity contribution in [1.29, 1.82) is 0 Å². The Morgan fingerprint density at radius 3 is 2.63 bits per heavy atom. The molecule has 0 aliphatic heterocycles. The zero-order chi connectivity index (χ0) is 14.5. The fourth-order valence-corrected chi connectivity index (χ4v) is 2.17. The Hall–Kier alpha value is -1.50. The lowest BCUT2D eigenvalue weighted by atomic mass is 9.83. The fourth-order valence-electron chi connectivity index (χ4n) is 1.87. The molecule has 3 nitrogen and oxygen atoms in total. The summed E-state index contributed by atoms with van der Waals surface area (Å²) in [5, 5.41) is 9.57. The first-order chi connectivity index (χ1) is 8.95. The predicted octanol–water partition coefficient (Wildman–Crippen LogP) is 4.55. The van der Waals surface area contributed by atoms with Crippen LogP contribution in [0.1, 0.15) is 24.8 Å². The molecule has 0 aliphatic carbocycles. The number of carbonyl (C=O) groups is 1. The van der Waals surface area contributed by atoms with Gasteiger partial charge in [-0.05, 0) is 18.2 Å². The van der Waals surface area contributed by atoms with Crippen molar-refractivity contribution in [2.24, 2.45) is 0 Å². The van der Waals surface area contributed by atoms with E-state index in [0.29, 0.717) is 22.0 Å². The van der Waals surface area contributed by atoms with Crippen molar-refractivity contribution in [3.05, 3.63) is 57.9 Å². The number of nitrogens with zero attached hydrogens (tertiary/aromatic N) is 1. The van der Waals surface area contributed by atoms with Gasteiger partial charge in [-0.2, -0.15) is 0 Å². The Labute approximate surface area is 122 Å². The molecule has 1 aromatic rings. The number of carboxylic acids is 1. The minimum Gasteiger partial charge on any atom is -0.481 e. The van der Waals surface area contributed by atoms with Gasteiger partial charge in [0, 0.05) is 18.4 Å². The summed E-state index contributed by atoms with van der Waals surface area (Å²) in [6.07, 6.45) is 2.09. The first-order valence-electron chi connectivity index (χ1n) is 5.62. The highest BCUT2D eigenvalue weighted by atomic mass is 35.5. The Balaban J connectivity index is 3.21. The monoisotopic (exact) mass is 297 g/mol. The van der Waals surface area contributed by atoms with Crippen LogP contribution in [-0.4, -0.2) is 11.1 Å². The maximum absolute atomic E-state index is 10.7. The Morgan fingerprint density at radius 2 is 2.16 bits per heavy atom. The lowest BCUT2D eigenvalue weighted by molar-refractivity contribution is -0.137. The van der Waals surface area contributed by atoms with Crippen LogP contribution in [-0.2, 0) is 10.3 Å². The van der Waals surface area contributed by atoms with Crippen molar-refractivity contribution in [2.75, 3.05) is 0 Å². The van der Waals surface area contributed by atoms with Gasteiger partial charge in [0.05, 0.1) is 16.5 Å². The van der Waals surface area contributed by atoms with Gasteiger partial charge < -0.3 is 9.95 Å². The van der Waals surface area contributed by atoms with E-state index in [2.05, 4.69) is 11.4 Å². The first kappa shape index (κ1) is 15.6. The number of carboxylic acid groups (broad SMARTS) is 1. The van der Waals surface area contributed by atoms with E-state index in [-0.39, 0.29) is 12.8 Å². The summed E-state index contributed by atoms with van der Waals surface area (Å²) in [5.74, 6) is -0.933. The molecule has 100 valence electrons. The molecule has 1 aromatic carbocycles. The number of hydrogen-bond acceptors (Lipinski definition) is 1. The number of rotatable bonds is 6. The average Bonchev–Trinajstić information content (AvgIpc) is 2.38. The van der Waals surface area contributed by atoms with E-state index in [0.717, 1.165) is 0 Å². The van der Waals surface area contributed by atoms with Crippen LogP contribution in [0.2, 0.25) is 10.0 Å². The lowest BCUT2D eigenvalue weighted by Gasteiger charge is -2.21. The summed E-state index contributed by atoms with van der Waals surface area (Å²) in [6, 6.07) is 4.94. The summed E-state index contributed by atoms with van der Waals surface area (Å²) >= 11 is 11.8. The standard InChI is InChI=1S/C14H13Cl2NO2/c1-3-7-14(17-2,8-6-13(18)19)10-4-5-11(15)12(16)9-10/h3-5,9H,1,6-8H2,(H,18,19)/t14-/m1/s1. The topological polar surface area (TPSA) is 41.7 Å². The molecule has 0 spiro atoms. The van der Waals surface area contributed by atoms with Gasteiger partial charge in [0.15, 0.2) is 0 Å². The maximum Gasteiger partial charge on any atom is 0.303 e. The summed E-state index contributed by atoms with van der Waals surface area (Å²) in [5.41, 5.74) is -0.285. The largest absolute Gasteiger partial charge is 0.481 e. The molecule has 0 fully saturated rings. The second-order valence-corrected chi connectivity index (χ2v) is 4.97. The molecule has 1 rings (SSSR count). The second kappa shape index (κ2) is 6.60. The van der Waals surface area contributed by atoms with Gasteiger partial charge in [0.2, 0.25) is 0 Å². The fraction of sp³-hybridized carbons (Fsp3) is 0.286. The predicted molar refractivity (Wildman–Crippen MR) is 76.4 cm³/mol. The van der Waals surface area contributed by atoms with Crippen molar-refractivity contribution < 1.29 is 9.90 Å². The summed E-state index contributed by atoms with van der Waals surface area (Å²) in [4.78, 5) is 14.4. The van der Waals surface area contributed by atoms with Crippen LogP contribution >= 0.6 is 23.2 Å². The third-order valence-electron chi connectivity index (χ3n) is 2.91. The van der Waals surface area contributed by atoms with Crippen LogP contribution in [0.25, 0.3) is 4.85 Å². The SMILES string of the molecule is [C-]#[N+][C@](CC=C)(CCC(=O)O)c1ccc(Cl)c(Cl)c1. The molecule has 0 saturated heterocycles. The molecule has 1 N–H and O–H groups in total. The molecule has 19 heavy (non-hydrogen) atoms. The molecule has 0 aliphatic rings. The van der Waals surface area contributed by atoms with Crippen LogP contribution < -0.4 is 0 Å². The molecular weight excluding hydrogens is 285 g/mol. The molecule has 0 radical (unpaired) electrons. The van der Waals surface area contributed by atoms with Crippen molar-refractivity contribution in [3.8, 4) is 0 Å². The van der Waals surface area contributed by atoms with Crippen LogP contribution in [0.5, 0.6) is 0 Å². The van der Waals surface area contributed by atoms with E-state index in [1.165, 1.54) is 0 Å². The third kappa shape index (κ3) is 3.73. The zero-order valence-electron chi connectivity index (χ0n) is 10.2. The van der Waals surface area contributed by atoms with Crippen molar-refractivity contribution in [2.45, 2.75) is 24.8 Å². The van der Waals surface area contributed by atoms with Gasteiger partial charge in [-0.25, -0.2) is 6.57 Å². The minimum absolute atomic E-state index is 0.0868. The Bertz CT molecular complexity index is 537. The third-order valence-corrected chi connectivity index (χ3v) is 3.64. The van der Waals surface area contributed by atoms with Crippen LogP contribution in [0, 0.1) is 6.57 Å². The highest BCUT2D eigenvalue weighted by molar-refractivity contribution is 6.42.